The molecule has 0 unspecified atom stereocenters. The highest BCUT2D eigenvalue weighted by atomic mass is 16.2. The van der Waals surface area contributed by atoms with E-state index < -0.39 is 0 Å². The smallest absolute Gasteiger partial charge is 0.266 e. The van der Waals surface area contributed by atoms with Crippen molar-refractivity contribution in [2.75, 3.05) is 4.90 Å². The zero-order valence-electron chi connectivity index (χ0n) is 18.1. The number of hydrogen-bond acceptors (Lipinski definition) is 2. The maximum Gasteiger partial charge on any atom is 0.266 e. The van der Waals surface area contributed by atoms with Gasteiger partial charge in [0.2, 0.25) is 0 Å². The van der Waals surface area contributed by atoms with Crippen LogP contribution in [0, 0.1) is 0 Å². The topological polar surface area (TPSA) is 42.3 Å². The molecule has 0 fully saturated rings. The number of aromatic nitrogens is 1. The normalized spacial score (nSPS) is 13.4. The molecule has 6 aromatic rings. The molecule has 0 saturated heterocycles. The average molecular weight is 438 g/mol. The van der Waals surface area contributed by atoms with E-state index in [0.717, 1.165) is 27.5 Å². The van der Waals surface area contributed by atoms with Gasteiger partial charge in [0, 0.05) is 16.5 Å². The van der Waals surface area contributed by atoms with Crippen LogP contribution < -0.4 is 4.90 Å². The Bertz CT molecular complexity index is 1720. The molecule has 5 aromatic carbocycles. The van der Waals surface area contributed by atoms with Crippen molar-refractivity contribution in [2.45, 2.75) is 0 Å². The summed E-state index contributed by atoms with van der Waals surface area (Å²) in [5, 5.41) is 4.46. The summed E-state index contributed by atoms with van der Waals surface area (Å²) in [6.45, 7) is 0. The van der Waals surface area contributed by atoms with Gasteiger partial charge < -0.3 is 4.57 Å². The Morgan fingerprint density at radius 2 is 0.941 bits per heavy atom. The highest BCUT2D eigenvalue weighted by Crippen LogP contribution is 2.34. The maximum absolute atomic E-state index is 12.9. The molecule has 0 aliphatic carbocycles. The molecule has 0 N–H and O–H groups in total. The molecule has 160 valence electrons. The highest BCUT2D eigenvalue weighted by molar-refractivity contribution is 6.34. The number of carbonyl (C=O) groups is 2. The van der Waals surface area contributed by atoms with E-state index in [1.165, 1.54) is 15.7 Å². The zero-order chi connectivity index (χ0) is 22.8. The Morgan fingerprint density at radius 3 is 1.53 bits per heavy atom. The monoisotopic (exact) mass is 438 g/mol. The van der Waals surface area contributed by atoms with Gasteiger partial charge in [0.15, 0.2) is 0 Å². The number of amides is 2. The Morgan fingerprint density at radius 1 is 0.471 bits per heavy atom. The first-order chi connectivity index (χ1) is 16.7. The first-order valence-electron chi connectivity index (χ1n) is 11.2. The lowest BCUT2D eigenvalue weighted by molar-refractivity contribution is 0.0926. The van der Waals surface area contributed by atoms with Crippen molar-refractivity contribution in [3.8, 4) is 5.69 Å². The Labute approximate surface area is 195 Å². The Balaban J connectivity index is 1.36. The summed E-state index contributed by atoms with van der Waals surface area (Å²) in [7, 11) is 0. The number of nitrogens with zero attached hydrogens (tertiary/aromatic N) is 2. The third-order valence-corrected chi connectivity index (χ3v) is 6.70. The van der Waals surface area contributed by atoms with Gasteiger partial charge in [-0.2, -0.15) is 0 Å². The third kappa shape index (κ3) is 2.54. The molecule has 2 amide bonds. The van der Waals surface area contributed by atoms with Gasteiger partial charge in [0.05, 0.1) is 27.8 Å². The van der Waals surface area contributed by atoms with Crippen LogP contribution in [0.15, 0.2) is 109 Å². The molecule has 0 bridgehead atoms. The molecule has 2 heterocycles. The average Bonchev–Trinajstić information content (AvgIpc) is 3.35. The van der Waals surface area contributed by atoms with Crippen LogP contribution in [0.4, 0.5) is 5.69 Å². The number of para-hydroxylation sites is 2. The van der Waals surface area contributed by atoms with Crippen LogP contribution in [0.25, 0.3) is 38.3 Å². The molecule has 4 nitrogen and oxygen atoms in total. The first kappa shape index (κ1) is 18.8. The van der Waals surface area contributed by atoms with Gasteiger partial charge in [0.1, 0.15) is 0 Å². The van der Waals surface area contributed by atoms with Crippen molar-refractivity contribution >= 4 is 50.1 Å². The van der Waals surface area contributed by atoms with Crippen LogP contribution in [-0.2, 0) is 0 Å². The van der Waals surface area contributed by atoms with E-state index >= 15 is 0 Å². The molecule has 7 rings (SSSR count). The van der Waals surface area contributed by atoms with Crippen LogP contribution in [0.3, 0.4) is 0 Å². The predicted molar refractivity (Wildman–Crippen MR) is 136 cm³/mol. The fraction of sp³-hybridized carbons (Fsp3) is 0. The van der Waals surface area contributed by atoms with Crippen LogP contribution in [-0.4, -0.2) is 16.4 Å². The molecule has 1 aromatic heterocycles. The summed E-state index contributed by atoms with van der Waals surface area (Å²) >= 11 is 0. The molecule has 1 aliphatic heterocycles. The number of benzene rings is 5. The summed E-state index contributed by atoms with van der Waals surface area (Å²) in [5.41, 5.74) is 4.88. The minimum absolute atomic E-state index is 0.276. The maximum atomic E-state index is 12.9. The molecule has 0 atom stereocenters. The number of fused-ring (bicyclic) bond motifs is 5. The van der Waals surface area contributed by atoms with Gasteiger partial charge >= 0.3 is 0 Å². The summed E-state index contributed by atoms with van der Waals surface area (Å²) in [6, 6.07) is 35.9. The van der Waals surface area contributed by atoms with Crippen LogP contribution >= 0.6 is 0 Å². The number of imide groups is 1. The van der Waals surface area contributed by atoms with E-state index in [4.69, 9.17) is 0 Å². The van der Waals surface area contributed by atoms with E-state index in [1.807, 2.05) is 18.2 Å². The molecule has 34 heavy (non-hydrogen) atoms. The van der Waals surface area contributed by atoms with Gasteiger partial charge in [-0.05, 0) is 59.3 Å². The van der Waals surface area contributed by atoms with E-state index in [-0.39, 0.29) is 11.8 Å². The molecule has 0 spiro atoms. The number of anilines is 1. The van der Waals surface area contributed by atoms with Gasteiger partial charge in [-0.15, -0.1) is 0 Å². The molecule has 0 radical (unpaired) electrons. The fourth-order valence-corrected chi connectivity index (χ4v) is 5.12. The fourth-order valence-electron chi connectivity index (χ4n) is 5.12. The van der Waals surface area contributed by atoms with Crippen molar-refractivity contribution in [1.82, 2.24) is 4.57 Å². The number of hydrogen-bond donors (Lipinski definition) is 0. The van der Waals surface area contributed by atoms with E-state index in [2.05, 4.69) is 71.3 Å². The minimum Gasteiger partial charge on any atom is -0.309 e. The molecule has 4 heteroatoms. The highest BCUT2D eigenvalue weighted by Gasteiger charge is 2.36. The first-order valence-corrected chi connectivity index (χ1v) is 11.2. The second kappa shape index (κ2) is 6.90. The van der Waals surface area contributed by atoms with Crippen LogP contribution in [0.5, 0.6) is 0 Å². The predicted octanol–water partition coefficient (Wildman–Crippen LogP) is 6.74. The zero-order valence-corrected chi connectivity index (χ0v) is 18.1. The molecule has 0 saturated carbocycles. The molecule has 1 aliphatic rings. The van der Waals surface area contributed by atoms with Gasteiger partial charge in [0.25, 0.3) is 11.8 Å². The van der Waals surface area contributed by atoms with E-state index in [0.29, 0.717) is 16.8 Å². The minimum atomic E-state index is -0.276. The van der Waals surface area contributed by atoms with E-state index in [1.54, 1.807) is 24.3 Å². The van der Waals surface area contributed by atoms with Gasteiger partial charge in [-0.3, -0.25) is 9.59 Å². The van der Waals surface area contributed by atoms with Crippen LogP contribution in [0.1, 0.15) is 20.7 Å². The summed E-state index contributed by atoms with van der Waals surface area (Å²) in [6.07, 6.45) is 0. The van der Waals surface area contributed by atoms with E-state index in [9.17, 15) is 9.59 Å². The third-order valence-electron chi connectivity index (χ3n) is 6.70. The lowest BCUT2D eigenvalue weighted by Crippen LogP contribution is -2.29. The quantitative estimate of drug-likeness (QED) is 0.281. The molecular weight excluding hydrogens is 420 g/mol. The number of rotatable bonds is 2. The Kier molecular flexibility index (Phi) is 3.82. The van der Waals surface area contributed by atoms with Crippen molar-refractivity contribution in [3.05, 3.63) is 120 Å². The van der Waals surface area contributed by atoms with Crippen molar-refractivity contribution in [2.24, 2.45) is 0 Å². The summed E-state index contributed by atoms with van der Waals surface area (Å²) < 4.78 is 2.28. The SMILES string of the molecule is O=C1c2ccccc2C(=O)N1c1ccc2cc(-n3c4ccccc4c4ccccc43)ccc2c1. The van der Waals surface area contributed by atoms with Gasteiger partial charge in [-0.25, -0.2) is 4.90 Å². The summed E-state index contributed by atoms with van der Waals surface area (Å²) in [4.78, 5) is 27.1. The second-order valence-corrected chi connectivity index (χ2v) is 8.58. The van der Waals surface area contributed by atoms with Gasteiger partial charge in [-0.1, -0.05) is 60.7 Å². The van der Waals surface area contributed by atoms with Crippen molar-refractivity contribution in [1.29, 1.82) is 0 Å². The second-order valence-electron chi connectivity index (χ2n) is 8.58. The lowest BCUT2D eigenvalue weighted by Gasteiger charge is -2.15. The standard InChI is InChI=1S/C30H18N2O2/c33-29-25-9-1-2-10-26(25)30(34)32(29)22-16-14-19-17-21(15-13-20(19)18-22)31-27-11-5-3-7-23(27)24-8-4-6-12-28(24)31/h1-18H. The van der Waals surface area contributed by atoms with Crippen molar-refractivity contribution < 1.29 is 9.59 Å². The van der Waals surface area contributed by atoms with Crippen LogP contribution in [0.2, 0.25) is 0 Å². The summed E-state index contributed by atoms with van der Waals surface area (Å²) in [5.74, 6) is -0.552. The Hall–Kier alpha value is -4.70. The lowest BCUT2D eigenvalue weighted by atomic mass is 10.1. The number of carbonyl (C=O) groups excluding carboxylic acids is 2. The largest absolute Gasteiger partial charge is 0.309 e. The van der Waals surface area contributed by atoms with Crippen molar-refractivity contribution in [3.63, 3.8) is 0 Å². The molecular formula is C30H18N2O2.